The first-order chi connectivity index (χ1) is 8.87. The van der Waals surface area contributed by atoms with Gasteiger partial charge in [-0.3, -0.25) is 4.90 Å². The standard InChI is InChI=1S/C16H25ClN2/c1-5-16(13-6-9-18-14(17)12-13)7-10-19(11-8-16)15(2,3)4/h6,9,12H,5,7-8,10-11H2,1-4H3. The van der Waals surface area contributed by atoms with Crippen molar-refractivity contribution >= 4 is 11.6 Å². The summed E-state index contributed by atoms with van der Waals surface area (Å²) in [4.78, 5) is 6.70. The SMILES string of the molecule is CCC1(c2ccnc(Cl)c2)CCN(C(C)(C)C)CC1. The number of hydrogen-bond donors (Lipinski definition) is 0. The predicted octanol–water partition coefficient (Wildman–Crippen LogP) is 4.28. The smallest absolute Gasteiger partial charge is 0.129 e. The number of halogens is 1. The van der Waals surface area contributed by atoms with Crippen LogP contribution in [0.5, 0.6) is 0 Å². The summed E-state index contributed by atoms with van der Waals surface area (Å²) < 4.78 is 0. The number of likely N-dealkylation sites (tertiary alicyclic amines) is 1. The van der Waals surface area contributed by atoms with E-state index in [2.05, 4.69) is 49.7 Å². The molecule has 0 N–H and O–H groups in total. The summed E-state index contributed by atoms with van der Waals surface area (Å²) in [6.45, 7) is 11.5. The minimum atomic E-state index is 0.274. The molecule has 0 aromatic carbocycles. The molecule has 1 saturated heterocycles. The molecule has 0 atom stereocenters. The maximum absolute atomic E-state index is 6.06. The summed E-state index contributed by atoms with van der Waals surface area (Å²) in [5.74, 6) is 0. The molecule has 106 valence electrons. The van der Waals surface area contributed by atoms with Crippen LogP contribution < -0.4 is 0 Å². The quantitative estimate of drug-likeness (QED) is 0.752. The lowest BCUT2D eigenvalue weighted by atomic mass is 9.70. The number of hydrogen-bond acceptors (Lipinski definition) is 2. The Bertz CT molecular complexity index is 429. The highest BCUT2D eigenvalue weighted by molar-refractivity contribution is 6.29. The molecule has 1 fully saturated rings. The Hall–Kier alpha value is -0.600. The van der Waals surface area contributed by atoms with Gasteiger partial charge in [-0.1, -0.05) is 18.5 Å². The second-order valence-electron chi connectivity index (χ2n) is 6.66. The van der Waals surface area contributed by atoms with Crippen molar-refractivity contribution in [1.29, 1.82) is 0 Å². The maximum Gasteiger partial charge on any atom is 0.129 e. The zero-order valence-electron chi connectivity index (χ0n) is 12.5. The molecule has 2 heterocycles. The van der Waals surface area contributed by atoms with Crippen LogP contribution in [-0.4, -0.2) is 28.5 Å². The lowest BCUT2D eigenvalue weighted by Crippen LogP contribution is -2.50. The van der Waals surface area contributed by atoms with Gasteiger partial charge in [0.15, 0.2) is 0 Å². The molecule has 1 aliphatic heterocycles. The minimum absolute atomic E-state index is 0.274. The van der Waals surface area contributed by atoms with Gasteiger partial charge in [0.2, 0.25) is 0 Å². The van der Waals surface area contributed by atoms with E-state index >= 15 is 0 Å². The molecule has 2 rings (SSSR count). The molecule has 0 radical (unpaired) electrons. The molecule has 3 heteroatoms. The highest BCUT2D eigenvalue weighted by atomic mass is 35.5. The van der Waals surface area contributed by atoms with Crippen LogP contribution in [0.4, 0.5) is 0 Å². The van der Waals surface area contributed by atoms with Crippen molar-refractivity contribution in [2.45, 2.75) is 57.9 Å². The van der Waals surface area contributed by atoms with E-state index < -0.39 is 0 Å². The Labute approximate surface area is 122 Å². The van der Waals surface area contributed by atoms with Gasteiger partial charge in [-0.2, -0.15) is 0 Å². The first-order valence-electron chi connectivity index (χ1n) is 7.24. The average Bonchev–Trinajstić information content (AvgIpc) is 2.38. The van der Waals surface area contributed by atoms with E-state index in [4.69, 9.17) is 11.6 Å². The van der Waals surface area contributed by atoms with Gasteiger partial charge in [0.05, 0.1) is 0 Å². The van der Waals surface area contributed by atoms with Crippen LogP contribution in [-0.2, 0) is 5.41 Å². The maximum atomic E-state index is 6.06. The zero-order valence-corrected chi connectivity index (χ0v) is 13.3. The third kappa shape index (κ3) is 3.11. The number of rotatable bonds is 2. The van der Waals surface area contributed by atoms with E-state index in [1.165, 1.54) is 24.8 Å². The highest BCUT2D eigenvalue weighted by Gasteiger charge is 2.37. The van der Waals surface area contributed by atoms with E-state index in [1.807, 2.05) is 6.20 Å². The lowest BCUT2D eigenvalue weighted by molar-refractivity contribution is 0.0726. The van der Waals surface area contributed by atoms with Gasteiger partial charge in [0, 0.05) is 11.7 Å². The van der Waals surface area contributed by atoms with E-state index in [1.54, 1.807) is 0 Å². The Kier molecular flexibility index (Phi) is 4.22. The van der Waals surface area contributed by atoms with Crippen molar-refractivity contribution in [2.24, 2.45) is 0 Å². The third-order valence-electron chi connectivity index (χ3n) is 4.68. The van der Waals surface area contributed by atoms with Gasteiger partial charge in [0.25, 0.3) is 0 Å². The average molecular weight is 281 g/mol. The number of aromatic nitrogens is 1. The van der Waals surface area contributed by atoms with E-state index in [0.29, 0.717) is 5.15 Å². The van der Waals surface area contributed by atoms with E-state index in [9.17, 15) is 0 Å². The third-order valence-corrected chi connectivity index (χ3v) is 4.89. The molecular formula is C16H25ClN2. The van der Waals surface area contributed by atoms with Crippen LogP contribution in [0.2, 0.25) is 5.15 Å². The van der Waals surface area contributed by atoms with Crippen LogP contribution in [0.15, 0.2) is 18.3 Å². The first kappa shape index (κ1) is 14.8. The van der Waals surface area contributed by atoms with Gasteiger partial charge in [0.1, 0.15) is 5.15 Å². The van der Waals surface area contributed by atoms with E-state index in [-0.39, 0.29) is 11.0 Å². The molecule has 1 aromatic heterocycles. The second kappa shape index (κ2) is 5.41. The Balaban J connectivity index is 2.19. The molecule has 1 aromatic rings. The molecule has 0 aliphatic carbocycles. The molecule has 19 heavy (non-hydrogen) atoms. The van der Waals surface area contributed by atoms with Crippen molar-refractivity contribution in [2.75, 3.05) is 13.1 Å². The van der Waals surface area contributed by atoms with Gasteiger partial charge in [-0.05, 0) is 76.2 Å². The molecule has 0 spiro atoms. The van der Waals surface area contributed by atoms with Gasteiger partial charge in [-0.15, -0.1) is 0 Å². The largest absolute Gasteiger partial charge is 0.298 e. The predicted molar refractivity (Wildman–Crippen MR) is 81.8 cm³/mol. The zero-order chi connectivity index (χ0) is 14.1. The summed E-state index contributed by atoms with van der Waals surface area (Å²) in [7, 11) is 0. The number of nitrogens with zero attached hydrogens (tertiary/aromatic N) is 2. The molecule has 0 bridgehead atoms. The Morgan fingerprint density at radius 2 is 1.95 bits per heavy atom. The van der Waals surface area contributed by atoms with Crippen LogP contribution in [0, 0.1) is 0 Å². The van der Waals surface area contributed by atoms with E-state index in [0.717, 1.165) is 13.1 Å². The van der Waals surface area contributed by atoms with Gasteiger partial charge in [-0.25, -0.2) is 4.98 Å². The molecule has 0 saturated carbocycles. The van der Waals surface area contributed by atoms with Crippen LogP contribution in [0.1, 0.15) is 52.5 Å². The minimum Gasteiger partial charge on any atom is -0.298 e. The lowest BCUT2D eigenvalue weighted by Gasteiger charge is -2.46. The Morgan fingerprint density at radius 1 is 1.32 bits per heavy atom. The fraction of sp³-hybridized carbons (Fsp3) is 0.688. The molecule has 2 nitrogen and oxygen atoms in total. The van der Waals surface area contributed by atoms with Gasteiger partial charge >= 0.3 is 0 Å². The monoisotopic (exact) mass is 280 g/mol. The topological polar surface area (TPSA) is 16.1 Å². The van der Waals surface area contributed by atoms with Crippen LogP contribution >= 0.6 is 11.6 Å². The summed E-state index contributed by atoms with van der Waals surface area (Å²) in [6.07, 6.45) is 5.43. The summed E-state index contributed by atoms with van der Waals surface area (Å²) in [6, 6.07) is 4.19. The number of pyridine rings is 1. The molecule has 0 amide bonds. The fourth-order valence-electron chi connectivity index (χ4n) is 3.18. The van der Waals surface area contributed by atoms with Crippen molar-refractivity contribution in [1.82, 2.24) is 9.88 Å². The van der Waals surface area contributed by atoms with Crippen LogP contribution in [0.3, 0.4) is 0 Å². The second-order valence-corrected chi connectivity index (χ2v) is 7.05. The first-order valence-corrected chi connectivity index (χ1v) is 7.62. The number of piperidine rings is 1. The van der Waals surface area contributed by atoms with Gasteiger partial charge < -0.3 is 0 Å². The normalized spacial score (nSPS) is 20.5. The van der Waals surface area contributed by atoms with Crippen molar-refractivity contribution in [3.63, 3.8) is 0 Å². The fourth-order valence-corrected chi connectivity index (χ4v) is 3.36. The molecular weight excluding hydrogens is 256 g/mol. The molecule has 0 unspecified atom stereocenters. The summed E-state index contributed by atoms with van der Waals surface area (Å²) >= 11 is 6.06. The summed E-state index contributed by atoms with van der Waals surface area (Å²) in [5, 5.41) is 0.614. The van der Waals surface area contributed by atoms with Crippen molar-refractivity contribution < 1.29 is 0 Å². The van der Waals surface area contributed by atoms with Crippen LogP contribution in [0.25, 0.3) is 0 Å². The molecule has 1 aliphatic rings. The highest BCUT2D eigenvalue weighted by Crippen LogP contribution is 2.40. The Morgan fingerprint density at radius 3 is 2.42 bits per heavy atom. The van der Waals surface area contributed by atoms with Crippen molar-refractivity contribution in [3.05, 3.63) is 29.0 Å². The van der Waals surface area contributed by atoms with Crippen molar-refractivity contribution in [3.8, 4) is 0 Å². The summed E-state index contributed by atoms with van der Waals surface area (Å²) in [5.41, 5.74) is 1.92.